The van der Waals surface area contributed by atoms with Crippen LogP contribution in [0.1, 0.15) is 42.4 Å². The van der Waals surface area contributed by atoms with Crippen molar-refractivity contribution in [3.63, 3.8) is 0 Å². The lowest BCUT2D eigenvalue weighted by atomic mass is 9.80. The van der Waals surface area contributed by atoms with Crippen molar-refractivity contribution < 1.29 is 26.3 Å². The van der Waals surface area contributed by atoms with E-state index in [-0.39, 0.29) is 5.56 Å². The fourth-order valence-electron chi connectivity index (χ4n) is 7.12. The van der Waals surface area contributed by atoms with Crippen LogP contribution in [0, 0.1) is 17.5 Å². The molecule has 4 aromatic carbocycles. The number of benzene rings is 4. The SMILES string of the molecule is C=C1/C=C\C=C/CC=C2/C(=C1/C=C\C)C(=C)c1cc3c(C4C=C(F)C(F)=C(F)C4)c4ccccc4c(-c4cc(F)c(F)c(F)c4)c3cc12. The van der Waals surface area contributed by atoms with Crippen molar-refractivity contribution in [3.05, 3.63) is 179 Å². The van der Waals surface area contributed by atoms with E-state index < -0.39 is 47.3 Å². The topological polar surface area (TPSA) is 0 Å². The van der Waals surface area contributed by atoms with E-state index in [4.69, 9.17) is 0 Å². The standard InChI is InChI=1S/C42H28F6/c1-4-11-26-22(2)12-7-5-6-8-13-29-31-21-33-32(20-30(31)23(3)38(26)29)39(24-16-34(43)41(47)35(44)17-24)27-14-9-10-15-28(27)40(33)25-18-36(45)42(48)37(46)19-25/h4-7,9-16,18-21,24H,2-3,8,17H2,1H3/b6-5-,11-4-,12-7-,29-13?,38-26-. The van der Waals surface area contributed by atoms with Gasteiger partial charge < -0.3 is 0 Å². The highest BCUT2D eigenvalue weighted by atomic mass is 19.2. The van der Waals surface area contributed by atoms with Crippen molar-refractivity contribution in [1.29, 1.82) is 0 Å². The zero-order valence-electron chi connectivity index (χ0n) is 25.9. The molecule has 0 bridgehead atoms. The highest BCUT2D eigenvalue weighted by Crippen LogP contribution is 2.53. The summed E-state index contributed by atoms with van der Waals surface area (Å²) < 4.78 is 87.8. The lowest BCUT2D eigenvalue weighted by molar-refractivity contribution is 0.448. The molecule has 0 aromatic heterocycles. The van der Waals surface area contributed by atoms with Gasteiger partial charge in [0.25, 0.3) is 0 Å². The Bertz CT molecular complexity index is 2310. The lowest BCUT2D eigenvalue weighted by Gasteiger charge is -2.24. The van der Waals surface area contributed by atoms with E-state index in [2.05, 4.69) is 19.2 Å². The summed E-state index contributed by atoms with van der Waals surface area (Å²) in [6.45, 7) is 10.7. The number of hydrogen-bond donors (Lipinski definition) is 0. The van der Waals surface area contributed by atoms with Crippen LogP contribution in [0.25, 0.3) is 43.8 Å². The first-order chi connectivity index (χ1) is 23.1. The summed E-state index contributed by atoms with van der Waals surface area (Å²) in [5.41, 5.74) is 6.62. The molecule has 0 saturated heterocycles. The predicted molar refractivity (Wildman–Crippen MR) is 183 cm³/mol. The summed E-state index contributed by atoms with van der Waals surface area (Å²) in [5.74, 6) is -9.22. The van der Waals surface area contributed by atoms with Gasteiger partial charge in [-0.15, -0.1) is 0 Å². The molecule has 0 saturated carbocycles. The minimum atomic E-state index is -1.59. The van der Waals surface area contributed by atoms with Gasteiger partial charge in [0, 0.05) is 12.3 Å². The normalized spacial score (nSPS) is 21.1. The Morgan fingerprint density at radius 3 is 2.23 bits per heavy atom. The number of halogens is 6. The minimum absolute atomic E-state index is 0.0881. The maximum Gasteiger partial charge on any atom is 0.194 e. The van der Waals surface area contributed by atoms with Gasteiger partial charge in [0.1, 0.15) is 5.83 Å². The van der Waals surface area contributed by atoms with Gasteiger partial charge in [-0.05, 0) is 121 Å². The quantitative estimate of drug-likeness (QED) is 0.118. The molecule has 0 spiro atoms. The third kappa shape index (κ3) is 4.94. The van der Waals surface area contributed by atoms with Crippen molar-refractivity contribution in [1.82, 2.24) is 0 Å². The van der Waals surface area contributed by atoms with E-state index in [1.807, 2.05) is 55.5 Å². The fraction of sp³-hybridized carbons (Fsp3) is 0.0952. The van der Waals surface area contributed by atoms with E-state index >= 15 is 0 Å². The molecule has 3 aliphatic rings. The van der Waals surface area contributed by atoms with Gasteiger partial charge in [-0.2, -0.15) is 0 Å². The van der Waals surface area contributed by atoms with Crippen molar-refractivity contribution in [2.45, 2.75) is 25.7 Å². The van der Waals surface area contributed by atoms with Crippen LogP contribution in [0.2, 0.25) is 0 Å². The molecule has 0 amide bonds. The lowest BCUT2D eigenvalue weighted by Crippen LogP contribution is -2.06. The molecule has 1 unspecified atom stereocenters. The van der Waals surface area contributed by atoms with E-state index in [1.165, 1.54) is 0 Å². The largest absolute Gasteiger partial charge is 0.208 e. The summed E-state index contributed by atoms with van der Waals surface area (Å²) in [5, 5.41) is 2.13. The average molecular weight is 647 g/mol. The predicted octanol–water partition coefficient (Wildman–Crippen LogP) is 12.9. The molecule has 48 heavy (non-hydrogen) atoms. The maximum absolute atomic E-state index is 14.9. The van der Waals surface area contributed by atoms with Crippen molar-refractivity contribution in [2.24, 2.45) is 0 Å². The summed E-state index contributed by atoms with van der Waals surface area (Å²) in [4.78, 5) is 0. The van der Waals surface area contributed by atoms with Gasteiger partial charge >= 0.3 is 0 Å². The summed E-state index contributed by atoms with van der Waals surface area (Å²) in [6.07, 6.45) is 15.0. The molecule has 6 heteroatoms. The molecule has 0 heterocycles. The number of rotatable bonds is 3. The van der Waals surface area contributed by atoms with Gasteiger partial charge in [-0.1, -0.05) is 80.0 Å². The zero-order valence-corrected chi connectivity index (χ0v) is 25.9. The zero-order chi connectivity index (χ0) is 33.9. The summed E-state index contributed by atoms with van der Waals surface area (Å²) in [7, 11) is 0. The van der Waals surface area contributed by atoms with Crippen LogP contribution in [0.5, 0.6) is 0 Å². The second kappa shape index (κ2) is 12.0. The summed E-state index contributed by atoms with van der Waals surface area (Å²) in [6, 6.07) is 12.7. The third-order valence-electron chi connectivity index (χ3n) is 9.18. The Balaban J connectivity index is 1.65. The van der Waals surface area contributed by atoms with Crippen molar-refractivity contribution in [3.8, 4) is 11.1 Å². The van der Waals surface area contributed by atoms with Crippen LogP contribution in [0.3, 0.4) is 0 Å². The molecule has 238 valence electrons. The minimum Gasteiger partial charge on any atom is -0.208 e. The molecule has 1 atom stereocenters. The van der Waals surface area contributed by atoms with E-state index in [1.54, 1.807) is 24.3 Å². The number of fused-ring (bicyclic) bond motifs is 5. The number of hydrogen-bond acceptors (Lipinski definition) is 0. The molecular formula is C42H28F6. The van der Waals surface area contributed by atoms with Crippen LogP contribution < -0.4 is 0 Å². The van der Waals surface area contributed by atoms with Gasteiger partial charge in [0.05, 0.1) is 0 Å². The highest BCUT2D eigenvalue weighted by Gasteiger charge is 2.32. The molecule has 4 aromatic rings. The second-order valence-corrected chi connectivity index (χ2v) is 12.0. The van der Waals surface area contributed by atoms with Gasteiger partial charge in [-0.3, -0.25) is 0 Å². The van der Waals surface area contributed by atoms with Gasteiger partial charge in [-0.25, -0.2) is 26.3 Å². The van der Waals surface area contributed by atoms with Crippen LogP contribution in [-0.4, -0.2) is 0 Å². The molecule has 0 fully saturated rings. The Kier molecular flexibility index (Phi) is 7.83. The van der Waals surface area contributed by atoms with Crippen molar-refractivity contribution >= 4 is 32.7 Å². The summed E-state index contributed by atoms with van der Waals surface area (Å²) >= 11 is 0. The second-order valence-electron chi connectivity index (χ2n) is 12.0. The van der Waals surface area contributed by atoms with E-state index in [0.717, 1.165) is 51.6 Å². The van der Waals surface area contributed by atoms with E-state index in [0.29, 0.717) is 44.7 Å². The molecule has 3 aliphatic carbocycles. The average Bonchev–Trinajstić information content (AvgIpc) is 3.33. The molecule has 7 rings (SSSR count). The molecule has 0 N–H and O–H groups in total. The molecular weight excluding hydrogens is 618 g/mol. The van der Waals surface area contributed by atoms with Gasteiger partial charge in [0.15, 0.2) is 29.1 Å². The Morgan fingerprint density at radius 1 is 0.812 bits per heavy atom. The van der Waals surface area contributed by atoms with Crippen LogP contribution in [-0.2, 0) is 0 Å². The van der Waals surface area contributed by atoms with Crippen LogP contribution in [0.4, 0.5) is 26.3 Å². The van der Waals surface area contributed by atoms with Crippen molar-refractivity contribution in [2.75, 3.05) is 0 Å². The Hall–Kier alpha value is -5.36. The Morgan fingerprint density at radius 2 is 1.52 bits per heavy atom. The maximum atomic E-state index is 14.9. The van der Waals surface area contributed by atoms with Crippen LogP contribution >= 0.6 is 0 Å². The Labute approximate surface area is 274 Å². The molecule has 0 radical (unpaired) electrons. The van der Waals surface area contributed by atoms with Gasteiger partial charge in [0.2, 0.25) is 0 Å². The smallest absolute Gasteiger partial charge is 0.194 e. The number of allylic oxidation sites excluding steroid dienone is 16. The first-order valence-electron chi connectivity index (χ1n) is 15.5. The fourth-order valence-corrected chi connectivity index (χ4v) is 7.12. The highest BCUT2D eigenvalue weighted by molar-refractivity contribution is 6.19. The van der Waals surface area contributed by atoms with E-state index in [9.17, 15) is 26.3 Å². The molecule has 0 nitrogen and oxygen atoms in total. The molecule has 0 aliphatic heterocycles. The first-order valence-corrected chi connectivity index (χ1v) is 15.5. The van der Waals surface area contributed by atoms with Crippen LogP contribution in [0.15, 0.2) is 144 Å². The first kappa shape index (κ1) is 31.3. The monoisotopic (exact) mass is 646 g/mol. The third-order valence-corrected chi connectivity index (χ3v) is 9.18.